The normalized spacial score (nSPS) is 11.3. The molecule has 106 valence electrons. The second kappa shape index (κ2) is 5.65. The summed E-state index contributed by atoms with van der Waals surface area (Å²) < 4.78 is 34.9. The predicted octanol–water partition coefficient (Wildman–Crippen LogP) is 0.860. The van der Waals surface area contributed by atoms with E-state index < -0.39 is 21.7 Å². The molecule has 2 heterocycles. The Balaban J connectivity index is 2.00. The van der Waals surface area contributed by atoms with Gasteiger partial charge in [0.25, 0.3) is 5.91 Å². The molecule has 1 amide bonds. The number of hydrogen-bond donors (Lipinski definition) is 2. The summed E-state index contributed by atoms with van der Waals surface area (Å²) in [4.78, 5) is 16.0. The Morgan fingerprint density at radius 3 is 2.65 bits per heavy atom. The number of sulfonamides is 1. The molecular formula is C11H10FN3O3S2. The summed E-state index contributed by atoms with van der Waals surface area (Å²) in [6.45, 7) is 0.137. The monoisotopic (exact) mass is 315 g/mol. The zero-order valence-corrected chi connectivity index (χ0v) is 11.7. The molecule has 0 aromatic carbocycles. The lowest BCUT2D eigenvalue weighted by molar-refractivity contribution is 0.0946. The highest BCUT2D eigenvalue weighted by Gasteiger charge is 2.12. The molecule has 20 heavy (non-hydrogen) atoms. The zero-order valence-electron chi connectivity index (χ0n) is 10.0. The Morgan fingerprint density at radius 1 is 1.35 bits per heavy atom. The number of primary sulfonamides is 1. The van der Waals surface area contributed by atoms with Crippen LogP contribution in [-0.2, 0) is 16.6 Å². The number of rotatable bonds is 4. The van der Waals surface area contributed by atoms with Gasteiger partial charge in [-0.1, -0.05) is 0 Å². The van der Waals surface area contributed by atoms with Crippen LogP contribution in [0.25, 0.3) is 0 Å². The van der Waals surface area contributed by atoms with Crippen LogP contribution >= 0.6 is 11.3 Å². The third-order valence-electron chi connectivity index (χ3n) is 2.30. The molecule has 0 fully saturated rings. The first kappa shape index (κ1) is 14.6. The molecule has 0 unspecified atom stereocenters. The summed E-state index contributed by atoms with van der Waals surface area (Å²) in [5, 5.41) is 7.53. The fourth-order valence-corrected chi connectivity index (χ4v) is 3.09. The molecule has 2 aromatic heterocycles. The van der Waals surface area contributed by atoms with Crippen molar-refractivity contribution in [1.29, 1.82) is 0 Å². The summed E-state index contributed by atoms with van der Waals surface area (Å²) in [5.74, 6) is -1.01. The van der Waals surface area contributed by atoms with E-state index in [9.17, 15) is 17.6 Å². The van der Waals surface area contributed by atoms with Crippen molar-refractivity contribution < 1.29 is 17.6 Å². The van der Waals surface area contributed by atoms with Crippen LogP contribution in [0, 0.1) is 5.82 Å². The minimum absolute atomic E-state index is 0.0293. The second-order valence-corrected chi connectivity index (χ2v) is 6.77. The molecule has 2 aromatic rings. The summed E-state index contributed by atoms with van der Waals surface area (Å²) in [6, 6.07) is 5.32. The van der Waals surface area contributed by atoms with E-state index in [1.54, 1.807) is 6.07 Å². The molecule has 0 atom stereocenters. The highest BCUT2D eigenvalue weighted by molar-refractivity contribution is 7.91. The first-order chi connectivity index (χ1) is 9.36. The zero-order chi connectivity index (χ0) is 14.8. The number of pyridine rings is 1. The molecule has 0 saturated heterocycles. The maximum absolute atomic E-state index is 12.7. The lowest BCUT2D eigenvalue weighted by Gasteiger charge is -2.02. The molecule has 0 radical (unpaired) electrons. The summed E-state index contributed by atoms with van der Waals surface area (Å²) in [6.07, 6.45) is 0.944. The van der Waals surface area contributed by atoms with Crippen LogP contribution in [0.15, 0.2) is 34.7 Å². The smallest absolute Gasteiger partial charge is 0.270 e. The van der Waals surface area contributed by atoms with Crippen LogP contribution in [0.5, 0.6) is 0 Å². The van der Waals surface area contributed by atoms with Crippen molar-refractivity contribution in [3.8, 4) is 0 Å². The summed E-state index contributed by atoms with van der Waals surface area (Å²) in [7, 11) is -3.73. The topological polar surface area (TPSA) is 102 Å². The average Bonchev–Trinajstić information content (AvgIpc) is 2.85. The fraction of sp³-hybridized carbons (Fsp3) is 0.0909. The van der Waals surface area contributed by atoms with Gasteiger partial charge in [0.05, 0.1) is 12.7 Å². The SMILES string of the molecule is NS(=O)(=O)c1ccc(CNC(=O)c2ccc(F)cn2)s1. The molecule has 6 nitrogen and oxygen atoms in total. The van der Waals surface area contributed by atoms with Crippen LogP contribution in [0.1, 0.15) is 15.4 Å². The Labute approximate surface area is 118 Å². The number of nitrogens with one attached hydrogen (secondary N) is 1. The number of thiophene rings is 1. The van der Waals surface area contributed by atoms with E-state index in [1.807, 2.05) is 0 Å². The van der Waals surface area contributed by atoms with Crippen molar-refractivity contribution in [2.24, 2.45) is 5.14 Å². The molecule has 2 rings (SSSR count). The van der Waals surface area contributed by atoms with Gasteiger partial charge >= 0.3 is 0 Å². The molecule has 0 spiro atoms. The minimum Gasteiger partial charge on any atom is -0.346 e. The number of carbonyl (C=O) groups excluding carboxylic acids is 1. The van der Waals surface area contributed by atoms with Gasteiger partial charge in [0.2, 0.25) is 10.0 Å². The van der Waals surface area contributed by atoms with Gasteiger partial charge in [-0.15, -0.1) is 11.3 Å². The molecule has 0 aliphatic rings. The predicted molar refractivity (Wildman–Crippen MR) is 71.1 cm³/mol. The van der Waals surface area contributed by atoms with E-state index in [-0.39, 0.29) is 16.4 Å². The average molecular weight is 315 g/mol. The highest BCUT2D eigenvalue weighted by Crippen LogP contribution is 2.20. The number of aromatic nitrogens is 1. The minimum atomic E-state index is -3.73. The second-order valence-electron chi connectivity index (χ2n) is 3.81. The van der Waals surface area contributed by atoms with Crippen molar-refractivity contribution in [1.82, 2.24) is 10.3 Å². The van der Waals surface area contributed by atoms with Gasteiger partial charge in [-0.05, 0) is 24.3 Å². The van der Waals surface area contributed by atoms with E-state index in [0.717, 1.165) is 23.6 Å². The van der Waals surface area contributed by atoms with Gasteiger partial charge < -0.3 is 5.32 Å². The number of nitrogens with zero attached hydrogens (tertiary/aromatic N) is 1. The van der Waals surface area contributed by atoms with E-state index in [0.29, 0.717) is 4.88 Å². The third kappa shape index (κ3) is 3.59. The number of nitrogens with two attached hydrogens (primary N) is 1. The van der Waals surface area contributed by atoms with Crippen LogP contribution in [0.2, 0.25) is 0 Å². The number of hydrogen-bond acceptors (Lipinski definition) is 5. The van der Waals surface area contributed by atoms with Crippen molar-refractivity contribution in [3.05, 3.63) is 46.9 Å². The largest absolute Gasteiger partial charge is 0.346 e. The molecule has 9 heteroatoms. The van der Waals surface area contributed by atoms with E-state index in [4.69, 9.17) is 5.14 Å². The Bertz CT molecular complexity index is 726. The van der Waals surface area contributed by atoms with Crippen molar-refractivity contribution in [2.75, 3.05) is 0 Å². The van der Waals surface area contributed by atoms with Gasteiger partial charge in [-0.2, -0.15) is 0 Å². The highest BCUT2D eigenvalue weighted by atomic mass is 32.2. The first-order valence-corrected chi connectivity index (χ1v) is 7.74. The van der Waals surface area contributed by atoms with Crippen molar-refractivity contribution in [3.63, 3.8) is 0 Å². The first-order valence-electron chi connectivity index (χ1n) is 5.37. The van der Waals surface area contributed by atoms with Crippen LogP contribution < -0.4 is 10.5 Å². The van der Waals surface area contributed by atoms with Gasteiger partial charge in [0.1, 0.15) is 15.7 Å². The van der Waals surface area contributed by atoms with Gasteiger partial charge in [0.15, 0.2) is 0 Å². The lowest BCUT2D eigenvalue weighted by atomic mass is 10.3. The molecular weight excluding hydrogens is 305 g/mol. The van der Waals surface area contributed by atoms with Gasteiger partial charge in [0, 0.05) is 4.88 Å². The Kier molecular flexibility index (Phi) is 4.12. The number of carbonyl (C=O) groups is 1. The van der Waals surface area contributed by atoms with Crippen LogP contribution in [0.4, 0.5) is 4.39 Å². The molecule has 0 aliphatic carbocycles. The fourth-order valence-electron chi connectivity index (χ4n) is 1.37. The van der Waals surface area contributed by atoms with Crippen LogP contribution in [0.3, 0.4) is 0 Å². The number of halogens is 1. The summed E-state index contributed by atoms with van der Waals surface area (Å²) >= 11 is 0.971. The van der Waals surface area contributed by atoms with Gasteiger partial charge in [-0.25, -0.2) is 22.9 Å². The number of amides is 1. The molecule has 3 N–H and O–H groups in total. The van der Waals surface area contributed by atoms with E-state index >= 15 is 0 Å². The van der Waals surface area contributed by atoms with Crippen molar-refractivity contribution in [2.45, 2.75) is 10.8 Å². The maximum atomic E-state index is 12.7. The standard InChI is InChI=1S/C11H10FN3O3S2/c12-7-1-3-9(14-5-7)11(16)15-6-8-2-4-10(19-8)20(13,17)18/h1-5H,6H2,(H,15,16)(H2,13,17,18). The molecule has 0 aliphatic heterocycles. The molecule has 0 bridgehead atoms. The Morgan fingerprint density at radius 2 is 2.10 bits per heavy atom. The van der Waals surface area contributed by atoms with Crippen LogP contribution in [-0.4, -0.2) is 19.3 Å². The summed E-state index contributed by atoms with van der Waals surface area (Å²) in [5.41, 5.74) is 0.0784. The van der Waals surface area contributed by atoms with Gasteiger partial charge in [-0.3, -0.25) is 4.79 Å². The van der Waals surface area contributed by atoms with Crippen molar-refractivity contribution >= 4 is 27.3 Å². The van der Waals surface area contributed by atoms with E-state index in [1.165, 1.54) is 12.1 Å². The van der Waals surface area contributed by atoms with E-state index in [2.05, 4.69) is 10.3 Å². The lowest BCUT2D eigenvalue weighted by Crippen LogP contribution is -2.23. The molecule has 0 saturated carbocycles. The maximum Gasteiger partial charge on any atom is 0.270 e. The Hall–Kier alpha value is -1.84. The third-order valence-corrected chi connectivity index (χ3v) is 4.82. The quantitative estimate of drug-likeness (QED) is 0.873.